The highest BCUT2D eigenvalue weighted by molar-refractivity contribution is 5.63. The van der Waals surface area contributed by atoms with Gasteiger partial charge in [-0.2, -0.15) is 0 Å². The summed E-state index contributed by atoms with van der Waals surface area (Å²) in [6.07, 6.45) is 3.57. The molecule has 1 atom stereocenters. The third-order valence-electron chi connectivity index (χ3n) is 2.78. The standard InChI is InChI=1S/C14H18N4O/c1-10(7-15)18-14-16-8-12(9-17-14)11-4-3-5-13(6-11)19-2/h3-6,8-10H,7,15H2,1-2H3,(H,16,17,18). The second-order valence-corrected chi connectivity index (χ2v) is 4.31. The third-order valence-corrected chi connectivity index (χ3v) is 2.78. The minimum absolute atomic E-state index is 0.155. The van der Waals surface area contributed by atoms with Crippen LogP contribution >= 0.6 is 0 Å². The van der Waals surface area contributed by atoms with Gasteiger partial charge >= 0.3 is 0 Å². The summed E-state index contributed by atoms with van der Waals surface area (Å²) in [5.41, 5.74) is 7.52. The Hall–Kier alpha value is -2.14. The van der Waals surface area contributed by atoms with Crippen molar-refractivity contribution < 1.29 is 4.74 Å². The normalized spacial score (nSPS) is 11.9. The van der Waals surface area contributed by atoms with Crippen LogP contribution in [0.4, 0.5) is 5.95 Å². The van der Waals surface area contributed by atoms with Gasteiger partial charge < -0.3 is 15.8 Å². The first kappa shape index (κ1) is 13.3. The van der Waals surface area contributed by atoms with Crippen molar-refractivity contribution in [2.24, 2.45) is 5.73 Å². The molecule has 100 valence electrons. The molecule has 19 heavy (non-hydrogen) atoms. The zero-order chi connectivity index (χ0) is 13.7. The highest BCUT2D eigenvalue weighted by Gasteiger charge is 2.04. The molecule has 3 N–H and O–H groups in total. The largest absolute Gasteiger partial charge is 0.497 e. The van der Waals surface area contributed by atoms with E-state index in [1.165, 1.54) is 0 Å². The first-order valence-electron chi connectivity index (χ1n) is 6.16. The van der Waals surface area contributed by atoms with Crippen molar-refractivity contribution in [1.82, 2.24) is 9.97 Å². The molecule has 0 saturated heterocycles. The molecule has 0 spiro atoms. The smallest absolute Gasteiger partial charge is 0.222 e. The van der Waals surface area contributed by atoms with E-state index in [4.69, 9.17) is 10.5 Å². The predicted octanol–water partition coefficient (Wildman–Crippen LogP) is 1.91. The molecule has 1 aromatic carbocycles. The topological polar surface area (TPSA) is 73.1 Å². The van der Waals surface area contributed by atoms with Crippen LogP contribution in [0.25, 0.3) is 11.1 Å². The molecular formula is C14H18N4O. The summed E-state index contributed by atoms with van der Waals surface area (Å²) in [5.74, 6) is 1.40. The maximum atomic E-state index is 5.54. The summed E-state index contributed by atoms with van der Waals surface area (Å²) in [7, 11) is 1.65. The van der Waals surface area contributed by atoms with Crippen molar-refractivity contribution in [2.45, 2.75) is 13.0 Å². The van der Waals surface area contributed by atoms with E-state index in [9.17, 15) is 0 Å². The zero-order valence-corrected chi connectivity index (χ0v) is 11.1. The van der Waals surface area contributed by atoms with Crippen molar-refractivity contribution in [1.29, 1.82) is 0 Å². The number of nitrogens with one attached hydrogen (secondary N) is 1. The summed E-state index contributed by atoms with van der Waals surface area (Å²) in [6, 6.07) is 7.95. The fourth-order valence-electron chi connectivity index (χ4n) is 1.63. The maximum Gasteiger partial charge on any atom is 0.222 e. The van der Waals surface area contributed by atoms with Crippen LogP contribution in [0.1, 0.15) is 6.92 Å². The number of nitrogens with two attached hydrogens (primary N) is 1. The fourth-order valence-corrected chi connectivity index (χ4v) is 1.63. The average Bonchev–Trinajstić information content (AvgIpc) is 2.48. The minimum atomic E-state index is 0.155. The molecule has 1 aromatic heterocycles. The zero-order valence-electron chi connectivity index (χ0n) is 11.1. The van der Waals surface area contributed by atoms with E-state index in [2.05, 4.69) is 15.3 Å². The monoisotopic (exact) mass is 258 g/mol. The molecule has 0 aliphatic heterocycles. The van der Waals surface area contributed by atoms with Crippen molar-refractivity contribution >= 4 is 5.95 Å². The van der Waals surface area contributed by atoms with Gasteiger partial charge in [-0.25, -0.2) is 9.97 Å². The van der Waals surface area contributed by atoms with E-state index in [0.717, 1.165) is 16.9 Å². The van der Waals surface area contributed by atoms with Gasteiger partial charge in [-0.1, -0.05) is 12.1 Å². The molecule has 2 aromatic rings. The number of rotatable bonds is 5. The molecule has 0 bridgehead atoms. The molecule has 0 amide bonds. The van der Waals surface area contributed by atoms with Gasteiger partial charge in [0.15, 0.2) is 0 Å². The summed E-state index contributed by atoms with van der Waals surface area (Å²) in [6.45, 7) is 2.53. The van der Waals surface area contributed by atoms with E-state index in [1.54, 1.807) is 19.5 Å². The van der Waals surface area contributed by atoms with Gasteiger partial charge in [0.05, 0.1) is 7.11 Å². The lowest BCUT2D eigenvalue weighted by Gasteiger charge is -2.11. The Morgan fingerprint density at radius 2 is 2.00 bits per heavy atom. The van der Waals surface area contributed by atoms with E-state index >= 15 is 0 Å². The average molecular weight is 258 g/mol. The molecule has 0 radical (unpaired) electrons. The molecule has 1 heterocycles. The molecule has 0 fully saturated rings. The van der Waals surface area contributed by atoms with Crippen LogP contribution in [-0.2, 0) is 0 Å². The van der Waals surface area contributed by atoms with Gasteiger partial charge in [0.1, 0.15) is 5.75 Å². The van der Waals surface area contributed by atoms with Crippen LogP contribution in [0.2, 0.25) is 0 Å². The molecule has 2 rings (SSSR count). The van der Waals surface area contributed by atoms with Crippen molar-refractivity contribution in [3.8, 4) is 16.9 Å². The Morgan fingerprint density at radius 1 is 1.26 bits per heavy atom. The van der Waals surface area contributed by atoms with Crippen molar-refractivity contribution in [2.75, 3.05) is 19.0 Å². The van der Waals surface area contributed by atoms with Crippen molar-refractivity contribution in [3.05, 3.63) is 36.7 Å². The highest BCUT2D eigenvalue weighted by Crippen LogP contribution is 2.22. The highest BCUT2D eigenvalue weighted by atomic mass is 16.5. The van der Waals surface area contributed by atoms with Gasteiger partial charge in [-0.15, -0.1) is 0 Å². The van der Waals surface area contributed by atoms with Gasteiger partial charge in [0, 0.05) is 30.5 Å². The number of ether oxygens (including phenoxy) is 1. The predicted molar refractivity (Wildman–Crippen MR) is 76.2 cm³/mol. The van der Waals surface area contributed by atoms with Crippen LogP contribution in [-0.4, -0.2) is 29.7 Å². The van der Waals surface area contributed by atoms with E-state index in [0.29, 0.717) is 12.5 Å². The van der Waals surface area contributed by atoms with Gasteiger partial charge in [0.2, 0.25) is 5.95 Å². The Balaban J connectivity index is 2.17. The summed E-state index contributed by atoms with van der Waals surface area (Å²) in [4.78, 5) is 8.56. The number of hydrogen-bond donors (Lipinski definition) is 2. The molecule has 0 saturated carbocycles. The number of benzene rings is 1. The van der Waals surface area contributed by atoms with E-state index < -0.39 is 0 Å². The maximum absolute atomic E-state index is 5.54. The molecule has 0 aliphatic rings. The lowest BCUT2D eigenvalue weighted by molar-refractivity contribution is 0.415. The Bertz CT molecular complexity index is 527. The first-order chi connectivity index (χ1) is 9.22. The number of nitrogens with zero attached hydrogens (tertiary/aromatic N) is 2. The molecule has 0 aliphatic carbocycles. The third kappa shape index (κ3) is 3.42. The minimum Gasteiger partial charge on any atom is -0.497 e. The summed E-state index contributed by atoms with van der Waals surface area (Å²) < 4.78 is 5.20. The molecular weight excluding hydrogens is 240 g/mol. The van der Waals surface area contributed by atoms with Gasteiger partial charge in [0.25, 0.3) is 0 Å². The number of aromatic nitrogens is 2. The van der Waals surface area contributed by atoms with Crippen LogP contribution in [0, 0.1) is 0 Å². The Kier molecular flexibility index (Phi) is 4.30. The number of hydrogen-bond acceptors (Lipinski definition) is 5. The second-order valence-electron chi connectivity index (χ2n) is 4.31. The van der Waals surface area contributed by atoms with Gasteiger partial charge in [-0.3, -0.25) is 0 Å². The lowest BCUT2D eigenvalue weighted by atomic mass is 10.1. The van der Waals surface area contributed by atoms with Crippen LogP contribution in [0.15, 0.2) is 36.7 Å². The fraction of sp³-hybridized carbons (Fsp3) is 0.286. The first-order valence-corrected chi connectivity index (χ1v) is 6.16. The van der Waals surface area contributed by atoms with Crippen LogP contribution in [0.3, 0.4) is 0 Å². The van der Waals surface area contributed by atoms with Crippen molar-refractivity contribution in [3.63, 3.8) is 0 Å². The van der Waals surface area contributed by atoms with Gasteiger partial charge in [-0.05, 0) is 24.6 Å². The van der Waals surface area contributed by atoms with E-state index in [-0.39, 0.29) is 6.04 Å². The van der Waals surface area contributed by atoms with Crippen LogP contribution in [0.5, 0.6) is 5.75 Å². The summed E-state index contributed by atoms with van der Waals surface area (Å²) >= 11 is 0. The summed E-state index contributed by atoms with van der Waals surface area (Å²) in [5, 5.41) is 3.12. The van der Waals surface area contributed by atoms with E-state index in [1.807, 2.05) is 31.2 Å². The molecule has 1 unspecified atom stereocenters. The molecule has 5 heteroatoms. The SMILES string of the molecule is COc1cccc(-c2cnc(NC(C)CN)nc2)c1. The number of anilines is 1. The lowest BCUT2D eigenvalue weighted by Crippen LogP contribution is -2.26. The molecule has 5 nitrogen and oxygen atoms in total. The van der Waals surface area contributed by atoms with Crippen LogP contribution < -0.4 is 15.8 Å². The Labute approximate surface area is 112 Å². The Morgan fingerprint density at radius 3 is 2.63 bits per heavy atom. The quantitative estimate of drug-likeness (QED) is 0.857. The second kappa shape index (κ2) is 6.15. The number of methoxy groups -OCH3 is 1.